The number of thiol groups is 1. The third-order valence-electron chi connectivity index (χ3n) is 1.17. The van der Waals surface area contributed by atoms with Gasteiger partial charge < -0.3 is 4.90 Å². The number of hydrogen-bond donors (Lipinski definition) is 1. The van der Waals surface area contributed by atoms with Crippen LogP contribution in [0.15, 0.2) is 9.98 Å². The molecule has 0 aromatic carbocycles. The van der Waals surface area contributed by atoms with E-state index in [0.29, 0.717) is 0 Å². The van der Waals surface area contributed by atoms with Crippen LogP contribution in [0.5, 0.6) is 0 Å². The summed E-state index contributed by atoms with van der Waals surface area (Å²) in [6, 6.07) is 2.64. The van der Waals surface area contributed by atoms with Crippen molar-refractivity contribution in [1.82, 2.24) is 4.90 Å². The highest BCUT2D eigenvalue weighted by Crippen LogP contribution is 1.82. The standard InChI is InChI=1S/C8H17N3.CH4S/c1-4-9-8-10-6-5-7-11(2)3;1-2/h4-7H2,1-3H3;2H,1H3. The van der Waals surface area contributed by atoms with Gasteiger partial charge in [-0.05, 0) is 40.2 Å². The van der Waals surface area contributed by atoms with Crippen molar-refractivity contribution < 1.29 is 0 Å². The highest BCUT2D eigenvalue weighted by Gasteiger charge is 1.86. The van der Waals surface area contributed by atoms with Crippen LogP contribution in [0.2, 0.25) is 0 Å². The molecule has 13 heavy (non-hydrogen) atoms. The molecule has 0 atom stereocenters. The van der Waals surface area contributed by atoms with Crippen molar-refractivity contribution in [3.05, 3.63) is 0 Å². The van der Waals surface area contributed by atoms with Crippen LogP contribution in [-0.4, -0.2) is 50.9 Å². The molecule has 0 aromatic rings. The van der Waals surface area contributed by atoms with Gasteiger partial charge in [-0.25, -0.2) is 9.98 Å². The highest BCUT2D eigenvalue weighted by atomic mass is 32.1. The van der Waals surface area contributed by atoms with Crippen LogP contribution in [-0.2, 0) is 0 Å². The molecule has 0 heterocycles. The fraction of sp³-hybridized carbons (Fsp3) is 0.889. The van der Waals surface area contributed by atoms with Gasteiger partial charge in [0.15, 0.2) is 0 Å². The fourth-order valence-electron chi connectivity index (χ4n) is 0.637. The quantitative estimate of drug-likeness (QED) is 0.411. The van der Waals surface area contributed by atoms with Crippen molar-refractivity contribution in [2.24, 2.45) is 9.98 Å². The first kappa shape index (κ1) is 15.2. The molecule has 0 saturated heterocycles. The molecule has 0 amide bonds. The van der Waals surface area contributed by atoms with Crippen molar-refractivity contribution in [1.29, 1.82) is 0 Å². The van der Waals surface area contributed by atoms with Crippen LogP contribution in [0.25, 0.3) is 0 Å². The van der Waals surface area contributed by atoms with E-state index >= 15 is 0 Å². The first-order valence-electron chi connectivity index (χ1n) is 4.44. The van der Waals surface area contributed by atoms with Crippen molar-refractivity contribution in [3.63, 3.8) is 0 Å². The topological polar surface area (TPSA) is 28.0 Å². The summed E-state index contributed by atoms with van der Waals surface area (Å²) in [7, 11) is 4.12. The molecule has 0 rings (SSSR count). The maximum atomic E-state index is 3.99. The van der Waals surface area contributed by atoms with E-state index in [-0.39, 0.29) is 0 Å². The van der Waals surface area contributed by atoms with Gasteiger partial charge in [0.25, 0.3) is 0 Å². The van der Waals surface area contributed by atoms with Gasteiger partial charge in [0.05, 0.1) is 12.6 Å². The van der Waals surface area contributed by atoms with Crippen molar-refractivity contribution >= 4 is 18.6 Å². The van der Waals surface area contributed by atoms with Gasteiger partial charge in [-0.1, -0.05) is 0 Å². The molecule has 78 valence electrons. The van der Waals surface area contributed by atoms with Gasteiger partial charge in [0.2, 0.25) is 0 Å². The second-order valence-corrected chi connectivity index (χ2v) is 2.61. The maximum Gasteiger partial charge on any atom is 0.0892 e. The zero-order chi connectivity index (χ0) is 10.5. The molecule has 0 radical (unpaired) electrons. The fourth-order valence-corrected chi connectivity index (χ4v) is 0.637. The van der Waals surface area contributed by atoms with Gasteiger partial charge in [-0.15, -0.1) is 0 Å². The van der Waals surface area contributed by atoms with Gasteiger partial charge >= 0.3 is 0 Å². The third-order valence-corrected chi connectivity index (χ3v) is 1.17. The van der Waals surface area contributed by atoms with E-state index in [1.54, 1.807) is 6.26 Å². The molecule has 0 fully saturated rings. The average molecular weight is 203 g/mol. The second-order valence-electron chi connectivity index (χ2n) is 2.61. The lowest BCUT2D eigenvalue weighted by molar-refractivity contribution is 0.403. The maximum absolute atomic E-state index is 3.99. The van der Waals surface area contributed by atoms with Crippen LogP contribution in [0.1, 0.15) is 13.3 Å². The number of rotatable bonds is 5. The van der Waals surface area contributed by atoms with E-state index in [4.69, 9.17) is 0 Å². The normalized spacial score (nSPS) is 8.46. The van der Waals surface area contributed by atoms with Gasteiger partial charge in [-0.2, -0.15) is 12.6 Å². The first-order chi connectivity index (χ1) is 6.27. The zero-order valence-corrected chi connectivity index (χ0v) is 10.0. The Labute approximate surface area is 87.4 Å². The summed E-state index contributed by atoms with van der Waals surface area (Å²) in [5, 5.41) is 0. The molecular weight excluding hydrogens is 182 g/mol. The summed E-state index contributed by atoms with van der Waals surface area (Å²) in [6.07, 6.45) is 2.78. The Bertz CT molecular complexity index is 140. The number of aliphatic imine (C=N–C) groups is 2. The van der Waals surface area contributed by atoms with E-state index in [1.807, 2.05) is 6.92 Å². The second kappa shape index (κ2) is 14.2. The largest absolute Gasteiger partial charge is 0.309 e. The summed E-state index contributed by atoms with van der Waals surface area (Å²) in [5.74, 6) is 0. The molecule has 0 saturated carbocycles. The van der Waals surface area contributed by atoms with E-state index in [9.17, 15) is 0 Å². The molecular formula is C9H21N3S. The predicted octanol–water partition coefficient (Wildman–Crippen LogP) is 1.68. The molecule has 4 heteroatoms. The lowest BCUT2D eigenvalue weighted by Crippen LogP contribution is -2.13. The SMILES string of the molecule is CCN=C=NCCCN(C)C.CS. The minimum Gasteiger partial charge on any atom is -0.309 e. The summed E-state index contributed by atoms with van der Waals surface area (Å²) >= 11 is 3.53. The summed E-state index contributed by atoms with van der Waals surface area (Å²) in [4.78, 5) is 9.99. The van der Waals surface area contributed by atoms with Crippen LogP contribution in [0.3, 0.4) is 0 Å². The van der Waals surface area contributed by atoms with Gasteiger partial charge in [0.1, 0.15) is 0 Å². The Kier molecular flexibility index (Phi) is 16.6. The van der Waals surface area contributed by atoms with Crippen molar-refractivity contribution in [2.45, 2.75) is 13.3 Å². The molecule has 0 unspecified atom stereocenters. The Balaban J connectivity index is 0. The van der Waals surface area contributed by atoms with Crippen LogP contribution in [0.4, 0.5) is 0 Å². The smallest absolute Gasteiger partial charge is 0.0892 e. The van der Waals surface area contributed by atoms with Crippen LogP contribution in [0, 0.1) is 0 Å². The molecule has 0 aliphatic rings. The Morgan fingerprint density at radius 2 is 1.85 bits per heavy atom. The Morgan fingerprint density at radius 1 is 1.23 bits per heavy atom. The zero-order valence-electron chi connectivity index (χ0n) is 9.12. The van der Waals surface area contributed by atoms with E-state index in [1.165, 1.54) is 0 Å². The number of hydrogen-bond acceptors (Lipinski definition) is 4. The molecule has 0 spiro atoms. The van der Waals surface area contributed by atoms with Crippen LogP contribution >= 0.6 is 12.6 Å². The molecule has 0 aliphatic heterocycles. The molecule has 0 aromatic heterocycles. The molecule has 0 aliphatic carbocycles. The van der Waals surface area contributed by atoms with E-state index in [0.717, 1.165) is 26.1 Å². The van der Waals surface area contributed by atoms with Crippen molar-refractivity contribution in [2.75, 3.05) is 40.0 Å². The van der Waals surface area contributed by atoms with E-state index in [2.05, 4.69) is 47.6 Å². The molecule has 0 bridgehead atoms. The van der Waals surface area contributed by atoms with Gasteiger partial charge in [-0.3, -0.25) is 0 Å². The van der Waals surface area contributed by atoms with Crippen LogP contribution < -0.4 is 0 Å². The average Bonchev–Trinajstić information content (AvgIpc) is 2.14. The molecule has 0 N–H and O–H groups in total. The third kappa shape index (κ3) is 18.6. The van der Waals surface area contributed by atoms with E-state index < -0.39 is 0 Å². The Hall–Kier alpha value is -0.310. The minimum atomic E-state index is 0.775. The monoisotopic (exact) mass is 203 g/mol. The summed E-state index contributed by atoms with van der Waals surface area (Å²) < 4.78 is 0. The lowest BCUT2D eigenvalue weighted by Gasteiger charge is -2.05. The first-order valence-corrected chi connectivity index (χ1v) is 5.34. The van der Waals surface area contributed by atoms with Crippen molar-refractivity contribution in [3.8, 4) is 0 Å². The number of nitrogens with zero attached hydrogens (tertiary/aromatic N) is 3. The van der Waals surface area contributed by atoms with Gasteiger partial charge in [0, 0.05) is 6.54 Å². The highest BCUT2D eigenvalue weighted by molar-refractivity contribution is 7.79. The minimum absolute atomic E-state index is 0.775. The molecule has 3 nitrogen and oxygen atoms in total. The summed E-state index contributed by atoms with van der Waals surface area (Å²) in [5.41, 5.74) is 0. The summed E-state index contributed by atoms with van der Waals surface area (Å²) in [6.45, 7) is 4.67. The Morgan fingerprint density at radius 3 is 2.31 bits per heavy atom. The predicted molar refractivity (Wildman–Crippen MR) is 63.4 cm³/mol. The lowest BCUT2D eigenvalue weighted by atomic mass is 10.4.